The van der Waals surface area contributed by atoms with Crippen molar-refractivity contribution in [2.75, 3.05) is 6.54 Å². The van der Waals surface area contributed by atoms with Crippen molar-refractivity contribution in [1.82, 2.24) is 5.32 Å². The number of halogens is 1. The Labute approximate surface area is 113 Å². The largest absolute Gasteiger partial charge is 0.479 e. The van der Waals surface area contributed by atoms with Crippen LogP contribution in [0.3, 0.4) is 0 Å². The number of ether oxygens (including phenoxy) is 1. The molecule has 1 N–H and O–H groups in total. The first-order valence-corrected chi connectivity index (χ1v) is 6.27. The molecule has 0 bridgehead atoms. The van der Waals surface area contributed by atoms with Crippen molar-refractivity contribution in [1.29, 1.82) is 0 Å². The van der Waals surface area contributed by atoms with Gasteiger partial charge in [-0.2, -0.15) is 0 Å². The molecule has 1 atom stereocenters. The Balaban J connectivity index is 2.75. The molecule has 0 aliphatic heterocycles. The van der Waals surface area contributed by atoms with Crippen molar-refractivity contribution < 1.29 is 9.53 Å². The Hall–Kier alpha value is -1.48. The van der Waals surface area contributed by atoms with Crippen LogP contribution in [0.25, 0.3) is 0 Å². The Morgan fingerprint density at radius 2 is 2.33 bits per heavy atom. The van der Waals surface area contributed by atoms with Gasteiger partial charge in [-0.3, -0.25) is 4.79 Å². The molecule has 3 nitrogen and oxygen atoms in total. The summed E-state index contributed by atoms with van der Waals surface area (Å²) in [5.74, 6) is 0.382. The second-order valence-electron chi connectivity index (χ2n) is 3.98. The first-order chi connectivity index (χ1) is 8.58. The van der Waals surface area contributed by atoms with Crippen LogP contribution >= 0.6 is 11.6 Å². The molecule has 0 aliphatic carbocycles. The lowest BCUT2D eigenvalue weighted by atomic mass is 10.2. The number of hydrogen-bond donors (Lipinski definition) is 1. The summed E-state index contributed by atoms with van der Waals surface area (Å²) in [6, 6.07) is 5.49. The smallest absolute Gasteiger partial charge is 0.261 e. The zero-order valence-electron chi connectivity index (χ0n) is 10.7. The van der Waals surface area contributed by atoms with Crippen LogP contribution in [0, 0.1) is 6.92 Å². The van der Waals surface area contributed by atoms with E-state index in [0.29, 0.717) is 23.7 Å². The number of rotatable bonds is 6. The fraction of sp³-hybridized carbons (Fsp3) is 0.357. The van der Waals surface area contributed by atoms with Gasteiger partial charge in [0.25, 0.3) is 5.91 Å². The van der Waals surface area contributed by atoms with Crippen LogP contribution in [0.4, 0.5) is 0 Å². The van der Waals surface area contributed by atoms with Crippen molar-refractivity contribution in [3.8, 4) is 5.75 Å². The lowest BCUT2D eigenvalue weighted by Crippen LogP contribution is -2.38. The van der Waals surface area contributed by atoms with E-state index in [0.717, 1.165) is 5.56 Å². The zero-order chi connectivity index (χ0) is 13.5. The second-order valence-corrected chi connectivity index (χ2v) is 4.39. The molecule has 0 unspecified atom stereocenters. The van der Waals surface area contributed by atoms with Gasteiger partial charge in [-0.25, -0.2) is 0 Å². The van der Waals surface area contributed by atoms with Gasteiger partial charge in [0.05, 0.1) is 5.02 Å². The van der Waals surface area contributed by atoms with E-state index in [9.17, 15) is 4.79 Å². The topological polar surface area (TPSA) is 38.3 Å². The summed E-state index contributed by atoms with van der Waals surface area (Å²) < 4.78 is 5.66. The minimum atomic E-state index is -0.538. The highest BCUT2D eigenvalue weighted by Crippen LogP contribution is 2.26. The van der Waals surface area contributed by atoms with Crippen LogP contribution in [0.1, 0.15) is 18.9 Å². The maximum atomic E-state index is 11.8. The molecule has 0 saturated carbocycles. The van der Waals surface area contributed by atoms with Crippen LogP contribution in [0.2, 0.25) is 5.02 Å². The fourth-order valence-electron chi connectivity index (χ4n) is 1.46. The summed E-state index contributed by atoms with van der Waals surface area (Å²) in [7, 11) is 0. The van der Waals surface area contributed by atoms with Crippen LogP contribution in [-0.2, 0) is 4.79 Å². The average molecular weight is 268 g/mol. The second kappa shape index (κ2) is 7.07. The summed E-state index contributed by atoms with van der Waals surface area (Å²) in [5, 5.41) is 3.22. The lowest BCUT2D eigenvalue weighted by molar-refractivity contribution is -0.127. The maximum Gasteiger partial charge on any atom is 0.261 e. The van der Waals surface area contributed by atoms with Crippen molar-refractivity contribution in [3.05, 3.63) is 41.4 Å². The third-order valence-corrected chi connectivity index (χ3v) is 2.75. The highest BCUT2D eigenvalue weighted by atomic mass is 35.5. The highest BCUT2D eigenvalue weighted by molar-refractivity contribution is 6.32. The van der Waals surface area contributed by atoms with Gasteiger partial charge in [0, 0.05) is 6.54 Å². The molecule has 1 amide bonds. The molecular formula is C14H18ClNO2. The van der Waals surface area contributed by atoms with Gasteiger partial charge in [-0.05, 0) is 31.0 Å². The van der Waals surface area contributed by atoms with Gasteiger partial charge >= 0.3 is 0 Å². The van der Waals surface area contributed by atoms with E-state index in [4.69, 9.17) is 16.3 Å². The third kappa shape index (κ3) is 4.08. The summed E-state index contributed by atoms with van der Waals surface area (Å²) in [6.45, 7) is 7.82. The number of carbonyl (C=O) groups excluding carboxylic acids is 1. The van der Waals surface area contributed by atoms with Crippen LogP contribution in [0.15, 0.2) is 30.9 Å². The molecule has 1 rings (SSSR count). The number of aryl methyl sites for hydroxylation is 1. The summed E-state index contributed by atoms with van der Waals surface area (Å²) in [4.78, 5) is 11.8. The standard InChI is InChI=1S/C14H18ClNO2/c1-4-8-16-14(17)12(5-2)18-13-9-10(3)6-7-11(13)15/h4,6-7,9,12H,1,5,8H2,2-3H3,(H,16,17)/t12-/m1/s1. The maximum absolute atomic E-state index is 11.8. The van der Waals surface area contributed by atoms with E-state index in [1.807, 2.05) is 26.0 Å². The minimum absolute atomic E-state index is 0.157. The highest BCUT2D eigenvalue weighted by Gasteiger charge is 2.18. The van der Waals surface area contributed by atoms with E-state index in [-0.39, 0.29) is 5.91 Å². The average Bonchev–Trinajstić information content (AvgIpc) is 2.36. The molecule has 0 heterocycles. The van der Waals surface area contributed by atoms with Gasteiger partial charge in [-0.1, -0.05) is 30.7 Å². The molecule has 98 valence electrons. The lowest BCUT2D eigenvalue weighted by Gasteiger charge is -2.18. The molecule has 0 fully saturated rings. The van der Waals surface area contributed by atoms with Crippen LogP contribution < -0.4 is 10.1 Å². The van der Waals surface area contributed by atoms with Crippen molar-refractivity contribution >= 4 is 17.5 Å². The molecule has 0 aromatic heterocycles. The van der Waals surface area contributed by atoms with E-state index in [1.54, 1.807) is 12.1 Å². The summed E-state index contributed by atoms with van der Waals surface area (Å²) in [5.41, 5.74) is 1.04. The van der Waals surface area contributed by atoms with E-state index in [2.05, 4.69) is 11.9 Å². The van der Waals surface area contributed by atoms with Gasteiger partial charge in [-0.15, -0.1) is 6.58 Å². The van der Waals surface area contributed by atoms with Crippen molar-refractivity contribution in [2.45, 2.75) is 26.4 Å². The van der Waals surface area contributed by atoms with Crippen molar-refractivity contribution in [2.24, 2.45) is 0 Å². The molecule has 1 aromatic rings. The van der Waals surface area contributed by atoms with Gasteiger partial charge in [0.1, 0.15) is 5.75 Å². The summed E-state index contributed by atoms with van der Waals surface area (Å²) in [6.07, 6.45) is 1.67. The third-order valence-electron chi connectivity index (χ3n) is 2.44. The molecule has 0 aliphatic rings. The van der Waals surface area contributed by atoms with Crippen LogP contribution in [0.5, 0.6) is 5.75 Å². The SMILES string of the molecule is C=CCNC(=O)[C@@H](CC)Oc1cc(C)ccc1Cl. The van der Waals surface area contributed by atoms with Gasteiger partial charge in [0.2, 0.25) is 0 Å². The first-order valence-electron chi connectivity index (χ1n) is 5.90. The number of carbonyl (C=O) groups is 1. The van der Waals surface area contributed by atoms with E-state index >= 15 is 0 Å². The Morgan fingerprint density at radius 1 is 1.61 bits per heavy atom. The quantitative estimate of drug-likeness (QED) is 0.805. The minimum Gasteiger partial charge on any atom is -0.479 e. The van der Waals surface area contributed by atoms with Crippen LogP contribution in [-0.4, -0.2) is 18.6 Å². The number of amides is 1. The van der Waals surface area contributed by atoms with Crippen molar-refractivity contribution in [3.63, 3.8) is 0 Å². The Kier molecular flexibility index (Phi) is 5.72. The molecule has 0 spiro atoms. The van der Waals surface area contributed by atoms with E-state index in [1.165, 1.54) is 0 Å². The van der Waals surface area contributed by atoms with E-state index < -0.39 is 6.10 Å². The normalized spacial score (nSPS) is 11.7. The fourth-order valence-corrected chi connectivity index (χ4v) is 1.63. The predicted molar refractivity (Wildman–Crippen MR) is 74.1 cm³/mol. The number of benzene rings is 1. The zero-order valence-corrected chi connectivity index (χ0v) is 11.5. The molecule has 1 aromatic carbocycles. The van der Waals surface area contributed by atoms with Gasteiger partial charge < -0.3 is 10.1 Å². The Bertz CT molecular complexity index is 432. The first kappa shape index (κ1) is 14.6. The Morgan fingerprint density at radius 3 is 2.94 bits per heavy atom. The molecular weight excluding hydrogens is 250 g/mol. The number of hydrogen-bond acceptors (Lipinski definition) is 2. The molecule has 0 saturated heterocycles. The molecule has 0 radical (unpaired) electrons. The number of nitrogens with one attached hydrogen (secondary N) is 1. The predicted octanol–water partition coefficient (Wildman–Crippen LogP) is 3.11. The summed E-state index contributed by atoms with van der Waals surface area (Å²) >= 11 is 6.03. The monoisotopic (exact) mass is 267 g/mol. The molecule has 4 heteroatoms. The van der Waals surface area contributed by atoms with Gasteiger partial charge in [0.15, 0.2) is 6.10 Å². The molecule has 18 heavy (non-hydrogen) atoms.